The monoisotopic (exact) mass is 340 g/mol. The van der Waals surface area contributed by atoms with Crippen LogP contribution in [0.5, 0.6) is 0 Å². The van der Waals surface area contributed by atoms with Crippen LogP contribution in [0.4, 0.5) is 0 Å². The van der Waals surface area contributed by atoms with E-state index in [0.29, 0.717) is 11.2 Å². The average molecular weight is 341 g/mol. The maximum absolute atomic E-state index is 6.47. The summed E-state index contributed by atoms with van der Waals surface area (Å²) in [7, 11) is 0. The van der Waals surface area contributed by atoms with Crippen molar-refractivity contribution in [1.29, 1.82) is 0 Å². The number of benzene rings is 1. The molecule has 24 heavy (non-hydrogen) atoms. The molecule has 0 spiro atoms. The molecule has 0 aliphatic heterocycles. The number of hydrogen-bond donors (Lipinski definition) is 1. The molecule has 2 heterocycles. The lowest BCUT2D eigenvalue weighted by Gasteiger charge is -2.12. The molecule has 5 heteroatoms. The minimum atomic E-state index is 0.560. The van der Waals surface area contributed by atoms with Crippen LogP contribution in [0.25, 0.3) is 16.7 Å². The smallest absolute Gasteiger partial charge is 0.164 e. The molecule has 0 saturated heterocycles. The normalized spacial score (nSPS) is 15.4. The molecule has 4 rings (SSSR count). The van der Waals surface area contributed by atoms with E-state index in [1.54, 1.807) is 0 Å². The van der Waals surface area contributed by atoms with Crippen LogP contribution in [0, 0.1) is 6.92 Å². The predicted molar refractivity (Wildman–Crippen MR) is 97.7 cm³/mol. The molecule has 1 aromatic carbocycles. The van der Waals surface area contributed by atoms with Gasteiger partial charge in [-0.2, -0.15) is 5.10 Å². The molecule has 1 aliphatic carbocycles. The first-order valence-corrected chi connectivity index (χ1v) is 8.94. The zero-order valence-corrected chi connectivity index (χ0v) is 14.6. The summed E-state index contributed by atoms with van der Waals surface area (Å²) in [4.78, 5) is 4.64. The van der Waals surface area contributed by atoms with Crippen molar-refractivity contribution >= 4 is 22.6 Å². The van der Waals surface area contributed by atoms with Crippen LogP contribution in [-0.2, 0) is 6.54 Å². The van der Waals surface area contributed by atoms with Crippen molar-refractivity contribution in [2.24, 2.45) is 0 Å². The van der Waals surface area contributed by atoms with E-state index in [0.717, 1.165) is 34.5 Å². The van der Waals surface area contributed by atoms with Gasteiger partial charge in [-0.25, -0.2) is 9.67 Å². The lowest BCUT2D eigenvalue weighted by atomic mass is 10.2. The second-order valence-electron chi connectivity index (χ2n) is 6.50. The van der Waals surface area contributed by atoms with Crippen LogP contribution in [0.1, 0.15) is 36.9 Å². The third-order valence-corrected chi connectivity index (χ3v) is 5.13. The van der Waals surface area contributed by atoms with Crippen LogP contribution >= 0.6 is 11.6 Å². The summed E-state index contributed by atoms with van der Waals surface area (Å²) in [5.74, 6) is 0. The summed E-state index contributed by atoms with van der Waals surface area (Å²) < 4.78 is 1.87. The van der Waals surface area contributed by atoms with Gasteiger partial charge < -0.3 is 5.32 Å². The van der Waals surface area contributed by atoms with Gasteiger partial charge in [0.1, 0.15) is 5.15 Å². The van der Waals surface area contributed by atoms with Gasteiger partial charge >= 0.3 is 0 Å². The molecule has 1 aliphatic rings. The molecule has 1 saturated carbocycles. The van der Waals surface area contributed by atoms with Crippen LogP contribution < -0.4 is 5.32 Å². The Morgan fingerprint density at radius 1 is 1.21 bits per heavy atom. The quantitative estimate of drug-likeness (QED) is 0.715. The Balaban J connectivity index is 1.69. The fourth-order valence-corrected chi connectivity index (χ4v) is 3.66. The van der Waals surface area contributed by atoms with Gasteiger partial charge in [0.15, 0.2) is 5.65 Å². The number of nitrogens with one attached hydrogen (secondary N) is 1. The van der Waals surface area contributed by atoms with Crippen LogP contribution in [0.3, 0.4) is 0 Å². The van der Waals surface area contributed by atoms with Gasteiger partial charge in [-0.05, 0) is 38.0 Å². The molecule has 2 aromatic heterocycles. The third-order valence-electron chi connectivity index (χ3n) is 4.81. The number of para-hydroxylation sites is 1. The van der Waals surface area contributed by atoms with Gasteiger partial charge in [0.25, 0.3) is 0 Å². The minimum absolute atomic E-state index is 0.560. The van der Waals surface area contributed by atoms with Crippen molar-refractivity contribution < 1.29 is 0 Å². The van der Waals surface area contributed by atoms with Gasteiger partial charge in [-0.1, -0.05) is 42.6 Å². The maximum atomic E-state index is 6.47. The Labute approximate surface area is 146 Å². The Morgan fingerprint density at radius 3 is 2.71 bits per heavy atom. The Hall–Kier alpha value is -1.91. The SMILES string of the molecule is Cc1nn(-c2ccccc2)c2nc(Cl)c(CNC3CCCC3)cc12. The molecule has 0 atom stereocenters. The molecule has 0 radical (unpaired) electrons. The standard InChI is InChI=1S/C19H21ClN4/c1-13-17-11-14(12-21-15-7-5-6-8-15)18(20)22-19(17)24(23-13)16-9-3-2-4-10-16/h2-4,9-11,15,21H,5-8,12H2,1H3. The van der Waals surface area contributed by atoms with Crippen molar-refractivity contribution in [2.45, 2.75) is 45.2 Å². The molecule has 3 aromatic rings. The average Bonchev–Trinajstić information content (AvgIpc) is 3.22. The highest BCUT2D eigenvalue weighted by molar-refractivity contribution is 6.30. The number of halogens is 1. The number of pyridine rings is 1. The molecule has 1 fully saturated rings. The highest BCUT2D eigenvalue weighted by atomic mass is 35.5. The van der Waals surface area contributed by atoms with Gasteiger partial charge in [-0.3, -0.25) is 0 Å². The molecule has 0 amide bonds. The third kappa shape index (κ3) is 2.92. The largest absolute Gasteiger partial charge is 0.310 e. The first-order chi connectivity index (χ1) is 11.7. The summed E-state index contributed by atoms with van der Waals surface area (Å²) >= 11 is 6.47. The summed E-state index contributed by atoms with van der Waals surface area (Å²) in [6, 6.07) is 12.8. The zero-order chi connectivity index (χ0) is 16.5. The van der Waals surface area contributed by atoms with E-state index in [4.69, 9.17) is 11.6 Å². The Bertz CT molecular complexity index is 851. The van der Waals surface area contributed by atoms with Crippen molar-refractivity contribution in [3.8, 4) is 5.69 Å². The number of fused-ring (bicyclic) bond motifs is 1. The summed E-state index contributed by atoms with van der Waals surface area (Å²) in [5.41, 5.74) is 3.83. The zero-order valence-electron chi connectivity index (χ0n) is 13.8. The molecular formula is C19H21ClN4. The first kappa shape index (κ1) is 15.6. The summed E-state index contributed by atoms with van der Waals surface area (Å²) in [6.45, 7) is 2.79. The number of rotatable bonds is 4. The second-order valence-corrected chi connectivity index (χ2v) is 6.86. The highest BCUT2D eigenvalue weighted by Crippen LogP contribution is 2.26. The van der Waals surface area contributed by atoms with Crippen LogP contribution in [0.15, 0.2) is 36.4 Å². The second kappa shape index (κ2) is 6.54. The lowest BCUT2D eigenvalue weighted by Crippen LogP contribution is -2.25. The summed E-state index contributed by atoms with van der Waals surface area (Å²) in [6.07, 6.45) is 5.17. The van der Waals surface area contributed by atoms with Gasteiger partial charge in [0.2, 0.25) is 0 Å². The van der Waals surface area contributed by atoms with Crippen molar-refractivity contribution in [1.82, 2.24) is 20.1 Å². The van der Waals surface area contributed by atoms with Crippen molar-refractivity contribution in [2.75, 3.05) is 0 Å². The Morgan fingerprint density at radius 2 is 1.96 bits per heavy atom. The lowest BCUT2D eigenvalue weighted by molar-refractivity contribution is 0.524. The first-order valence-electron chi connectivity index (χ1n) is 8.56. The van der Waals surface area contributed by atoms with E-state index < -0.39 is 0 Å². The van der Waals surface area contributed by atoms with E-state index in [1.165, 1.54) is 25.7 Å². The van der Waals surface area contributed by atoms with Crippen molar-refractivity contribution in [3.63, 3.8) is 0 Å². The number of hydrogen-bond acceptors (Lipinski definition) is 3. The number of aromatic nitrogens is 3. The van der Waals surface area contributed by atoms with E-state index >= 15 is 0 Å². The summed E-state index contributed by atoms with van der Waals surface area (Å²) in [5, 5.41) is 9.89. The fraction of sp³-hybridized carbons (Fsp3) is 0.368. The molecule has 1 N–H and O–H groups in total. The van der Waals surface area contributed by atoms with Crippen molar-refractivity contribution in [3.05, 3.63) is 52.8 Å². The predicted octanol–water partition coefficient (Wildman–Crippen LogP) is 4.41. The fourth-order valence-electron chi connectivity index (χ4n) is 3.46. The van der Waals surface area contributed by atoms with Gasteiger partial charge in [-0.15, -0.1) is 0 Å². The van der Waals surface area contributed by atoms with E-state index in [2.05, 4.69) is 21.5 Å². The minimum Gasteiger partial charge on any atom is -0.310 e. The molecule has 0 bridgehead atoms. The molecule has 4 nitrogen and oxygen atoms in total. The van der Waals surface area contributed by atoms with E-state index in [1.807, 2.05) is 41.9 Å². The molecule has 124 valence electrons. The Kier molecular flexibility index (Phi) is 4.25. The van der Waals surface area contributed by atoms with Gasteiger partial charge in [0, 0.05) is 23.5 Å². The van der Waals surface area contributed by atoms with Crippen LogP contribution in [0.2, 0.25) is 5.15 Å². The molecular weight excluding hydrogens is 320 g/mol. The maximum Gasteiger partial charge on any atom is 0.164 e. The molecule has 0 unspecified atom stereocenters. The van der Waals surface area contributed by atoms with E-state index in [9.17, 15) is 0 Å². The highest BCUT2D eigenvalue weighted by Gasteiger charge is 2.17. The number of nitrogens with zero attached hydrogens (tertiary/aromatic N) is 3. The van der Waals surface area contributed by atoms with Crippen LogP contribution in [-0.4, -0.2) is 20.8 Å². The van der Waals surface area contributed by atoms with E-state index in [-0.39, 0.29) is 0 Å². The van der Waals surface area contributed by atoms with Gasteiger partial charge in [0.05, 0.1) is 11.4 Å². The number of aryl methyl sites for hydroxylation is 1. The topological polar surface area (TPSA) is 42.7 Å².